The summed E-state index contributed by atoms with van der Waals surface area (Å²) in [4.78, 5) is 24.4. The molecule has 9 nitrogen and oxygen atoms in total. The van der Waals surface area contributed by atoms with Gasteiger partial charge in [-0.1, -0.05) is 0 Å². The standard InChI is InChI=1S/C19H21N3O6S/c1-14(28-19(24)15-8-12-21(25)13-9-15)18(23)20-16-4-6-17(7-5-16)29(26,27)22-10-2-3-11-22/h4-9,12-14H,2-3,10-11H2,1H3,(H,20,23)/t14-/m1/s1. The number of anilines is 1. The average molecular weight is 419 g/mol. The lowest BCUT2D eigenvalue weighted by Gasteiger charge is -2.16. The van der Waals surface area contributed by atoms with Crippen LogP contribution in [0.3, 0.4) is 0 Å². The third kappa shape index (κ3) is 4.90. The Hall–Kier alpha value is -2.98. The summed E-state index contributed by atoms with van der Waals surface area (Å²) < 4.78 is 32.1. The number of benzene rings is 1. The van der Waals surface area contributed by atoms with Crippen molar-refractivity contribution in [1.29, 1.82) is 0 Å². The number of esters is 1. The van der Waals surface area contributed by atoms with E-state index in [1.807, 2.05) is 0 Å². The van der Waals surface area contributed by atoms with E-state index in [1.54, 1.807) is 0 Å². The number of carbonyl (C=O) groups excluding carboxylic acids is 2. The number of aromatic nitrogens is 1. The molecular weight excluding hydrogens is 398 g/mol. The molecule has 1 aliphatic rings. The Balaban J connectivity index is 1.59. The number of hydrogen-bond donors (Lipinski definition) is 1. The van der Waals surface area contributed by atoms with Gasteiger partial charge in [0.05, 0.1) is 10.5 Å². The Kier molecular flexibility index (Phi) is 6.14. The number of pyridine rings is 1. The van der Waals surface area contributed by atoms with E-state index in [9.17, 15) is 23.2 Å². The van der Waals surface area contributed by atoms with Crippen LogP contribution >= 0.6 is 0 Å². The molecule has 1 aromatic carbocycles. The largest absolute Gasteiger partial charge is 0.619 e. The summed E-state index contributed by atoms with van der Waals surface area (Å²) in [6.07, 6.45) is 2.92. The van der Waals surface area contributed by atoms with Crippen molar-refractivity contribution in [2.75, 3.05) is 18.4 Å². The first-order chi connectivity index (χ1) is 13.8. The second-order valence-corrected chi connectivity index (χ2v) is 8.56. The van der Waals surface area contributed by atoms with Crippen LogP contribution in [0, 0.1) is 5.21 Å². The second kappa shape index (κ2) is 8.58. The minimum atomic E-state index is -3.52. The molecule has 2 heterocycles. The Bertz CT molecular complexity index is 984. The molecule has 0 saturated carbocycles. The molecule has 10 heteroatoms. The van der Waals surface area contributed by atoms with E-state index in [1.165, 1.54) is 47.6 Å². The molecule has 2 aromatic rings. The molecule has 29 heavy (non-hydrogen) atoms. The van der Waals surface area contributed by atoms with Gasteiger partial charge in [0.25, 0.3) is 5.91 Å². The van der Waals surface area contributed by atoms with Crippen molar-refractivity contribution >= 4 is 27.6 Å². The van der Waals surface area contributed by atoms with Crippen LogP contribution in [-0.4, -0.2) is 43.8 Å². The van der Waals surface area contributed by atoms with Gasteiger partial charge in [-0.3, -0.25) is 4.79 Å². The average Bonchev–Trinajstić information content (AvgIpc) is 3.24. The van der Waals surface area contributed by atoms with Crippen molar-refractivity contribution in [3.05, 3.63) is 59.6 Å². The van der Waals surface area contributed by atoms with Crippen LogP contribution in [0.1, 0.15) is 30.1 Å². The van der Waals surface area contributed by atoms with Crippen LogP contribution in [0.25, 0.3) is 0 Å². The molecule has 1 saturated heterocycles. The Morgan fingerprint density at radius 3 is 2.28 bits per heavy atom. The lowest BCUT2D eigenvalue weighted by Crippen LogP contribution is -2.30. The Labute approximate surface area is 168 Å². The fourth-order valence-electron chi connectivity index (χ4n) is 2.86. The highest BCUT2D eigenvalue weighted by Crippen LogP contribution is 2.22. The van der Waals surface area contributed by atoms with Crippen molar-refractivity contribution in [3.63, 3.8) is 0 Å². The molecule has 154 valence electrons. The van der Waals surface area contributed by atoms with Gasteiger partial charge in [0, 0.05) is 30.9 Å². The number of amides is 1. The molecular formula is C19H21N3O6S. The van der Waals surface area contributed by atoms with Crippen molar-refractivity contribution in [1.82, 2.24) is 4.31 Å². The molecule has 1 aliphatic heterocycles. The molecule has 0 unspecified atom stereocenters. The van der Waals surface area contributed by atoms with E-state index in [-0.39, 0.29) is 10.5 Å². The molecule has 1 atom stereocenters. The summed E-state index contributed by atoms with van der Waals surface area (Å²) >= 11 is 0. The topological polar surface area (TPSA) is 120 Å². The van der Waals surface area contributed by atoms with E-state index < -0.39 is 28.0 Å². The van der Waals surface area contributed by atoms with Crippen molar-refractivity contribution in [2.45, 2.75) is 30.8 Å². The van der Waals surface area contributed by atoms with Crippen LogP contribution in [0.15, 0.2) is 53.7 Å². The first kappa shape index (κ1) is 20.7. The van der Waals surface area contributed by atoms with E-state index in [0.717, 1.165) is 25.2 Å². The maximum atomic E-state index is 12.5. The highest BCUT2D eigenvalue weighted by atomic mass is 32.2. The molecule has 0 bridgehead atoms. The highest BCUT2D eigenvalue weighted by molar-refractivity contribution is 7.89. The number of ether oxygens (including phenoxy) is 1. The molecule has 1 aromatic heterocycles. The van der Waals surface area contributed by atoms with Gasteiger partial charge in [0.2, 0.25) is 10.0 Å². The summed E-state index contributed by atoms with van der Waals surface area (Å²) in [5.41, 5.74) is 0.526. The zero-order chi connectivity index (χ0) is 21.0. The molecule has 0 spiro atoms. The zero-order valence-corrected chi connectivity index (χ0v) is 16.6. The van der Waals surface area contributed by atoms with Crippen LogP contribution in [-0.2, 0) is 19.6 Å². The van der Waals surface area contributed by atoms with Crippen LogP contribution in [0.5, 0.6) is 0 Å². The fraction of sp³-hybridized carbons (Fsp3) is 0.316. The van der Waals surface area contributed by atoms with E-state index in [2.05, 4.69) is 5.32 Å². The van der Waals surface area contributed by atoms with Gasteiger partial charge in [-0.15, -0.1) is 0 Å². The van der Waals surface area contributed by atoms with Crippen LogP contribution in [0.2, 0.25) is 0 Å². The van der Waals surface area contributed by atoms with Gasteiger partial charge in [-0.2, -0.15) is 9.04 Å². The highest BCUT2D eigenvalue weighted by Gasteiger charge is 2.27. The van der Waals surface area contributed by atoms with Gasteiger partial charge in [0.15, 0.2) is 18.5 Å². The van der Waals surface area contributed by atoms with E-state index in [4.69, 9.17) is 4.74 Å². The number of carbonyl (C=O) groups is 2. The number of sulfonamides is 1. The first-order valence-electron chi connectivity index (χ1n) is 9.08. The smallest absolute Gasteiger partial charge is 0.339 e. The number of nitrogens with one attached hydrogen (secondary N) is 1. The van der Waals surface area contributed by atoms with Gasteiger partial charge >= 0.3 is 5.97 Å². The number of rotatable bonds is 6. The maximum Gasteiger partial charge on any atom is 0.339 e. The third-order valence-electron chi connectivity index (χ3n) is 4.52. The quantitative estimate of drug-likeness (QED) is 0.428. The van der Waals surface area contributed by atoms with Crippen molar-refractivity contribution in [3.8, 4) is 0 Å². The van der Waals surface area contributed by atoms with Gasteiger partial charge in [-0.05, 0) is 44.0 Å². The van der Waals surface area contributed by atoms with Gasteiger partial charge in [0.1, 0.15) is 0 Å². The minimum absolute atomic E-state index is 0.147. The van der Waals surface area contributed by atoms with E-state index >= 15 is 0 Å². The molecule has 0 aliphatic carbocycles. The first-order valence-corrected chi connectivity index (χ1v) is 10.5. The molecule has 1 fully saturated rings. The third-order valence-corrected chi connectivity index (χ3v) is 6.43. The number of nitrogens with zero attached hydrogens (tertiary/aromatic N) is 2. The summed E-state index contributed by atoms with van der Waals surface area (Å²) in [7, 11) is -3.52. The second-order valence-electron chi connectivity index (χ2n) is 6.62. The predicted molar refractivity (Wildman–Crippen MR) is 103 cm³/mol. The SMILES string of the molecule is C[C@@H](OC(=O)c1cc[n+]([O-])cc1)C(=O)Nc1ccc(S(=O)(=O)N2CCCC2)cc1. The summed E-state index contributed by atoms with van der Waals surface area (Å²) in [6.45, 7) is 2.44. The minimum Gasteiger partial charge on any atom is -0.619 e. The van der Waals surface area contributed by atoms with Crippen LogP contribution < -0.4 is 10.0 Å². The van der Waals surface area contributed by atoms with Crippen molar-refractivity contribution < 1.29 is 27.5 Å². The van der Waals surface area contributed by atoms with E-state index in [0.29, 0.717) is 23.5 Å². The van der Waals surface area contributed by atoms with Crippen LogP contribution in [0.4, 0.5) is 5.69 Å². The predicted octanol–water partition coefficient (Wildman–Crippen LogP) is 1.29. The summed E-state index contributed by atoms with van der Waals surface area (Å²) in [6, 6.07) is 8.42. The molecule has 0 radical (unpaired) electrons. The van der Waals surface area contributed by atoms with Gasteiger partial charge in [-0.25, -0.2) is 13.2 Å². The summed E-state index contributed by atoms with van der Waals surface area (Å²) in [5, 5.41) is 13.6. The van der Waals surface area contributed by atoms with Crippen molar-refractivity contribution in [2.24, 2.45) is 0 Å². The monoisotopic (exact) mass is 419 g/mol. The maximum absolute atomic E-state index is 12.5. The molecule has 1 N–H and O–H groups in total. The Morgan fingerprint density at radius 2 is 1.69 bits per heavy atom. The fourth-order valence-corrected chi connectivity index (χ4v) is 4.38. The summed E-state index contributed by atoms with van der Waals surface area (Å²) in [5.74, 6) is -1.30. The lowest BCUT2D eigenvalue weighted by atomic mass is 10.2. The number of hydrogen-bond acceptors (Lipinski definition) is 6. The molecule has 3 rings (SSSR count). The van der Waals surface area contributed by atoms with Gasteiger partial charge < -0.3 is 15.3 Å². The lowest BCUT2D eigenvalue weighted by molar-refractivity contribution is -0.605. The zero-order valence-electron chi connectivity index (χ0n) is 15.8. The Morgan fingerprint density at radius 1 is 1.10 bits per heavy atom. The normalized spacial score (nSPS) is 15.6. The molecule has 1 amide bonds.